The minimum Gasteiger partial charge on any atom is -0.450 e. The Morgan fingerprint density at radius 1 is 1.25 bits per heavy atom. The van der Waals surface area contributed by atoms with E-state index >= 15 is 0 Å². The highest BCUT2D eigenvalue weighted by Crippen LogP contribution is 2.21. The molecule has 2 heterocycles. The maximum absolute atomic E-state index is 11.7. The average Bonchev–Trinajstić information content (AvgIpc) is 2.61. The Hall–Kier alpha value is -1.69. The average molecular weight is 332 g/mol. The number of aryl methyl sites for hydroxylation is 2. The lowest BCUT2D eigenvalue weighted by Gasteiger charge is -2.31. The van der Waals surface area contributed by atoms with Gasteiger partial charge in [0.2, 0.25) is 0 Å². The minimum absolute atomic E-state index is 0.190. The van der Waals surface area contributed by atoms with Gasteiger partial charge in [0, 0.05) is 30.5 Å². The van der Waals surface area contributed by atoms with E-state index in [9.17, 15) is 4.79 Å². The number of carbonyl (C=O) groups is 1. The molecule has 0 unspecified atom stereocenters. The van der Waals surface area contributed by atoms with Gasteiger partial charge >= 0.3 is 6.09 Å². The molecule has 3 rings (SSSR count). The zero-order valence-electron chi connectivity index (χ0n) is 14.8. The summed E-state index contributed by atoms with van der Waals surface area (Å²) < 4.78 is 5.06. The van der Waals surface area contributed by atoms with Gasteiger partial charge < -0.3 is 15.0 Å². The predicted octanol–water partition coefficient (Wildman–Crippen LogP) is 2.37. The topological polar surface area (TPSA) is 67.3 Å². The first-order valence-electron chi connectivity index (χ1n) is 9.17. The number of hydrogen-bond acceptors (Lipinski definition) is 5. The lowest BCUT2D eigenvalue weighted by Crippen LogP contribution is -2.45. The van der Waals surface area contributed by atoms with Crippen LogP contribution in [-0.4, -0.2) is 46.7 Å². The largest absolute Gasteiger partial charge is 0.450 e. The van der Waals surface area contributed by atoms with Gasteiger partial charge in [0.1, 0.15) is 5.82 Å². The third-order valence-electron chi connectivity index (χ3n) is 5.01. The molecule has 1 saturated heterocycles. The molecule has 0 radical (unpaired) electrons. The Morgan fingerprint density at radius 2 is 2.00 bits per heavy atom. The van der Waals surface area contributed by atoms with E-state index in [1.807, 2.05) is 6.92 Å². The molecule has 1 aliphatic carbocycles. The van der Waals surface area contributed by atoms with Crippen LogP contribution in [0.25, 0.3) is 0 Å². The Kier molecular flexibility index (Phi) is 5.66. The van der Waals surface area contributed by atoms with E-state index in [0.29, 0.717) is 19.2 Å². The van der Waals surface area contributed by atoms with E-state index in [1.54, 1.807) is 4.90 Å². The molecule has 1 aromatic heterocycles. The van der Waals surface area contributed by atoms with Crippen LogP contribution in [0.15, 0.2) is 0 Å². The number of amides is 1. The number of aromatic nitrogens is 2. The molecule has 0 saturated carbocycles. The van der Waals surface area contributed by atoms with E-state index < -0.39 is 0 Å². The number of nitrogens with one attached hydrogen (secondary N) is 1. The second-order valence-corrected chi connectivity index (χ2v) is 6.70. The molecule has 6 nitrogen and oxygen atoms in total. The number of fused-ring (bicyclic) bond motifs is 1. The monoisotopic (exact) mass is 332 g/mol. The number of hydrogen-bond donors (Lipinski definition) is 1. The number of likely N-dealkylation sites (tertiary alicyclic amines) is 1. The summed E-state index contributed by atoms with van der Waals surface area (Å²) in [7, 11) is 0. The molecular formula is C18H28N4O2. The van der Waals surface area contributed by atoms with Crippen LogP contribution in [0, 0.1) is 6.92 Å². The summed E-state index contributed by atoms with van der Waals surface area (Å²) in [6, 6.07) is 0.413. The Labute approximate surface area is 144 Å². The second-order valence-electron chi connectivity index (χ2n) is 6.70. The van der Waals surface area contributed by atoms with Gasteiger partial charge in [-0.3, -0.25) is 0 Å². The molecule has 0 aromatic carbocycles. The molecule has 1 aromatic rings. The van der Waals surface area contributed by atoms with Crippen molar-refractivity contribution in [3.8, 4) is 0 Å². The summed E-state index contributed by atoms with van der Waals surface area (Å²) in [5.74, 6) is 0.904. The minimum atomic E-state index is -0.190. The van der Waals surface area contributed by atoms with Crippen LogP contribution < -0.4 is 5.32 Å². The van der Waals surface area contributed by atoms with E-state index in [4.69, 9.17) is 9.72 Å². The molecule has 24 heavy (non-hydrogen) atoms. The normalized spacial score (nSPS) is 18.3. The van der Waals surface area contributed by atoms with Crippen LogP contribution in [0.4, 0.5) is 4.79 Å². The summed E-state index contributed by atoms with van der Waals surface area (Å²) >= 11 is 0. The smallest absolute Gasteiger partial charge is 0.409 e. The molecule has 1 N–H and O–H groups in total. The van der Waals surface area contributed by atoms with E-state index in [1.165, 1.54) is 24.1 Å². The van der Waals surface area contributed by atoms with Crippen LogP contribution in [-0.2, 0) is 24.1 Å². The van der Waals surface area contributed by atoms with Crippen LogP contribution in [0.5, 0.6) is 0 Å². The lowest BCUT2D eigenvalue weighted by atomic mass is 9.95. The van der Waals surface area contributed by atoms with Gasteiger partial charge in [0.25, 0.3) is 0 Å². The summed E-state index contributed by atoms with van der Waals surface area (Å²) in [5, 5.41) is 3.56. The van der Waals surface area contributed by atoms with Gasteiger partial charge in [0.05, 0.1) is 13.2 Å². The summed E-state index contributed by atoms with van der Waals surface area (Å²) in [5.41, 5.74) is 3.77. The van der Waals surface area contributed by atoms with Crippen molar-refractivity contribution >= 4 is 6.09 Å². The lowest BCUT2D eigenvalue weighted by molar-refractivity contribution is 0.0949. The highest BCUT2D eigenvalue weighted by atomic mass is 16.6. The fourth-order valence-electron chi connectivity index (χ4n) is 3.64. The van der Waals surface area contributed by atoms with E-state index in [2.05, 4.69) is 17.2 Å². The summed E-state index contributed by atoms with van der Waals surface area (Å²) in [4.78, 5) is 23.0. The standard InChI is InChI=1S/C18H28N4O2/c1-3-24-18(23)22-10-8-14(9-11-22)19-12-17-20-13(2)15-6-4-5-7-16(15)21-17/h14,19H,3-12H2,1-2H3. The molecule has 6 heteroatoms. The molecule has 0 atom stereocenters. The highest BCUT2D eigenvalue weighted by Gasteiger charge is 2.23. The molecule has 1 amide bonds. The van der Waals surface area contributed by atoms with Crippen molar-refractivity contribution in [2.45, 2.75) is 65.0 Å². The van der Waals surface area contributed by atoms with Gasteiger partial charge in [-0.15, -0.1) is 0 Å². The Morgan fingerprint density at radius 3 is 2.75 bits per heavy atom. The van der Waals surface area contributed by atoms with Gasteiger partial charge in [0.15, 0.2) is 0 Å². The molecule has 0 spiro atoms. The second kappa shape index (κ2) is 7.92. The predicted molar refractivity (Wildman–Crippen MR) is 91.9 cm³/mol. The van der Waals surface area contributed by atoms with Crippen molar-refractivity contribution < 1.29 is 9.53 Å². The first kappa shape index (κ1) is 17.1. The molecule has 0 bridgehead atoms. The SMILES string of the molecule is CCOC(=O)N1CCC(NCc2nc(C)c3c(n2)CCCC3)CC1. The molecule has 1 fully saturated rings. The van der Waals surface area contributed by atoms with E-state index in [0.717, 1.165) is 50.3 Å². The Balaban J connectivity index is 1.50. The molecule has 132 valence electrons. The van der Waals surface area contributed by atoms with Crippen LogP contribution >= 0.6 is 0 Å². The Bertz CT molecular complexity index is 583. The number of piperidine rings is 1. The highest BCUT2D eigenvalue weighted by molar-refractivity contribution is 5.67. The molecular weight excluding hydrogens is 304 g/mol. The van der Waals surface area contributed by atoms with Gasteiger partial charge in [-0.05, 0) is 57.9 Å². The van der Waals surface area contributed by atoms with Crippen molar-refractivity contribution in [3.05, 3.63) is 22.8 Å². The molecule has 2 aliphatic rings. The maximum Gasteiger partial charge on any atom is 0.409 e. The van der Waals surface area contributed by atoms with Crippen molar-refractivity contribution in [1.82, 2.24) is 20.2 Å². The zero-order chi connectivity index (χ0) is 16.9. The fourth-order valence-corrected chi connectivity index (χ4v) is 3.64. The fraction of sp³-hybridized carbons (Fsp3) is 0.722. The van der Waals surface area contributed by atoms with Crippen molar-refractivity contribution in [2.24, 2.45) is 0 Å². The number of rotatable bonds is 4. The summed E-state index contributed by atoms with van der Waals surface area (Å²) in [6.45, 7) is 6.59. The van der Waals surface area contributed by atoms with E-state index in [-0.39, 0.29) is 6.09 Å². The third kappa shape index (κ3) is 4.04. The first-order valence-corrected chi connectivity index (χ1v) is 9.17. The first-order chi connectivity index (χ1) is 11.7. The zero-order valence-corrected chi connectivity index (χ0v) is 14.8. The summed E-state index contributed by atoms with van der Waals surface area (Å²) in [6.07, 6.45) is 6.41. The third-order valence-corrected chi connectivity index (χ3v) is 5.01. The van der Waals surface area contributed by atoms with Crippen molar-refractivity contribution in [2.75, 3.05) is 19.7 Å². The number of carbonyl (C=O) groups excluding carboxylic acids is 1. The number of nitrogens with zero attached hydrogens (tertiary/aromatic N) is 3. The van der Waals surface area contributed by atoms with Gasteiger partial charge in [-0.2, -0.15) is 0 Å². The quantitative estimate of drug-likeness (QED) is 0.917. The van der Waals surface area contributed by atoms with Crippen LogP contribution in [0.2, 0.25) is 0 Å². The van der Waals surface area contributed by atoms with Crippen molar-refractivity contribution in [3.63, 3.8) is 0 Å². The molecule has 1 aliphatic heterocycles. The van der Waals surface area contributed by atoms with Crippen LogP contribution in [0.3, 0.4) is 0 Å². The van der Waals surface area contributed by atoms with Gasteiger partial charge in [-0.25, -0.2) is 14.8 Å². The van der Waals surface area contributed by atoms with Crippen molar-refractivity contribution in [1.29, 1.82) is 0 Å². The van der Waals surface area contributed by atoms with Gasteiger partial charge in [-0.1, -0.05) is 0 Å². The number of ether oxygens (including phenoxy) is 1. The maximum atomic E-state index is 11.7. The van der Waals surface area contributed by atoms with Crippen LogP contribution in [0.1, 0.15) is 55.4 Å².